The highest BCUT2D eigenvalue weighted by Gasteiger charge is 2.30. The number of halogens is 1. The van der Waals surface area contributed by atoms with Gasteiger partial charge in [-0.1, -0.05) is 38.1 Å². The van der Waals surface area contributed by atoms with E-state index in [0.29, 0.717) is 40.3 Å². The van der Waals surface area contributed by atoms with Gasteiger partial charge >= 0.3 is 17.9 Å². The summed E-state index contributed by atoms with van der Waals surface area (Å²) in [5, 5.41) is 18.0. The number of anilines is 1. The largest absolute Gasteiger partial charge is 0.453 e. The number of pyridine rings is 1. The lowest BCUT2D eigenvalue weighted by Crippen LogP contribution is -2.49. The molecule has 1 saturated heterocycles. The SMILES string of the molecule is COC(=O)N1C[C@H](Nc2n[nH]c3nccc(-c4ccc(CNC(=O)c5nc(C(C)(C)C)no5)c(F)c4)c23)CC[C@@H]1C. The Hall–Kier alpha value is -4.55. The van der Waals surface area contributed by atoms with Crippen LogP contribution in [-0.4, -0.2) is 68.0 Å². The molecule has 216 valence electrons. The topological polar surface area (TPSA) is 151 Å². The molecule has 0 unspecified atom stereocenters. The van der Waals surface area contributed by atoms with E-state index in [2.05, 4.69) is 36.0 Å². The summed E-state index contributed by atoms with van der Waals surface area (Å²) < 4.78 is 25.2. The molecule has 0 saturated carbocycles. The van der Waals surface area contributed by atoms with Crippen molar-refractivity contribution in [2.24, 2.45) is 0 Å². The van der Waals surface area contributed by atoms with Crippen molar-refractivity contribution in [2.45, 2.75) is 64.6 Å². The van der Waals surface area contributed by atoms with E-state index in [-0.39, 0.29) is 36.0 Å². The number of rotatable bonds is 6. The third-order valence-corrected chi connectivity index (χ3v) is 7.19. The number of carbonyl (C=O) groups excluding carboxylic acids is 2. The average Bonchev–Trinajstić information content (AvgIpc) is 3.61. The first kappa shape index (κ1) is 28.0. The van der Waals surface area contributed by atoms with Gasteiger partial charge in [-0.3, -0.25) is 9.89 Å². The van der Waals surface area contributed by atoms with Crippen molar-refractivity contribution in [3.05, 3.63) is 53.6 Å². The summed E-state index contributed by atoms with van der Waals surface area (Å²) in [4.78, 5) is 34.9. The number of piperidine rings is 1. The van der Waals surface area contributed by atoms with Gasteiger partial charge in [-0.25, -0.2) is 14.2 Å². The molecule has 5 rings (SSSR count). The van der Waals surface area contributed by atoms with Gasteiger partial charge in [-0.15, -0.1) is 0 Å². The van der Waals surface area contributed by atoms with Crippen LogP contribution >= 0.6 is 0 Å². The van der Waals surface area contributed by atoms with E-state index in [1.807, 2.05) is 27.7 Å². The number of amides is 2. The number of hydrogen-bond donors (Lipinski definition) is 3. The molecule has 1 aromatic carbocycles. The number of nitrogens with one attached hydrogen (secondary N) is 3. The number of nitrogens with zero attached hydrogens (tertiary/aromatic N) is 5. The highest BCUT2D eigenvalue weighted by molar-refractivity contribution is 6.00. The van der Waals surface area contributed by atoms with Gasteiger partial charge < -0.3 is 24.8 Å². The molecule has 2 atom stereocenters. The van der Waals surface area contributed by atoms with Crippen LogP contribution < -0.4 is 10.6 Å². The lowest BCUT2D eigenvalue weighted by molar-refractivity contribution is 0.0902. The normalized spacial score (nSPS) is 17.5. The van der Waals surface area contributed by atoms with Crippen molar-refractivity contribution >= 4 is 28.9 Å². The Labute approximate surface area is 236 Å². The maximum Gasteiger partial charge on any atom is 0.409 e. The van der Waals surface area contributed by atoms with Gasteiger partial charge in [0.2, 0.25) is 0 Å². The molecular formula is C28H33FN8O4. The highest BCUT2D eigenvalue weighted by atomic mass is 19.1. The van der Waals surface area contributed by atoms with Gasteiger partial charge in [0.25, 0.3) is 0 Å². The molecule has 4 aromatic rings. The number of hydrogen-bond acceptors (Lipinski definition) is 9. The first-order chi connectivity index (χ1) is 19.5. The number of likely N-dealkylation sites (tertiary alicyclic amines) is 1. The van der Waals surface area contributed by atoms with Crippen molar-refractivity contribution in [2.75, 3.05) is 19.0 Å². The van der Waals surface area contributed by atoms with Gasteiger partial charge in [-0.2, -0.15) is 10.1 Å². The van der Waals surface area contributed by atoms with Crippen LogP contribution in [0.2, 0.25) is 0 Å². The number of fused-ring (bicyclic) bond motifs is 1. The summed E-state index contributed by atoms with van der Waals surface area (Å²) >= 11 is 0. The van der Waals surface area contributed by atoms with Crippen LogP contribution in [0.5, 0.6) is 0 Å². The average molecular weight is 565 g/mol. The minimum Gasteiger partial charge on any atom is -0.453 e. The van der Waals surface area contributed by atoms with Crippen LogP contribution in [0, 0.1) is 5.82 Å². The van der Waals surface area contributed by atoms with Crippen molar-refractivity contribution in [1.29, 1.82) is 0 Å². The van der Waals surface area contributed by atoms with Gasteiger partial charge in [0.15, 0.2) is 17.3 Å². The third kappa shape index (κ3) is 5.83. The number of methoxy groups -OCH3 is 1. The Morgan fingerprint density at radius 2 is 2.05 bits per heavy atom. The number of benzene rings is 1. The monoisotopic (exact) mass is 564 g/mol. The zero-order chi connectivity index (χ0) is 29.3. The van der Waals surface area contributed by atoms with Crippen LogP contribution in [0.4, 0.5) is 15.0 Å². The molecule has 41 heavy (non-hydrogen) atoms. The second-order valence-corrected chi connectivity index (χ2v) is 11.2. The van der Waals surface area contributed by atoms with Gasteiger partial charge in [0.1, 0.15) is 5.82 Å². The molecule has 0 bridgehead atoms. The minimum absolute atomic E-state index is 0.0501. The van der Waals surface area contributed by atoms with Crippen molar-refractivity contribution in [1.82, 2.24) is 35.5 Å². The van der Waals surface area contributed by atoms with E-state index >= 15 is 4.39 Å². The first-order valence-corrected chi connectivity index (χ1v) is 13.4. The van der Waals surface area contributed by atoms with Crippen LogP contribution in [0.3, 0.4) is 0 Å². The molecule has 1 fully saturated rings. The number of H-pyrrole nitrogens is 1. The maximum atomic E-state index is 15.2. The fourth-order valence-corrected chi connectivity index (χ4v) is 4.82. The first-order valence-electron chi connectivity index (χ1n) is 13.4. The molecule has 12 nitrogen and oxygen atoms in total. The molecule has 1 aliphatic rings. The Kier molecular flexibility index (Phi) is 7.61. The quantitative estimate of drug-likeness (QED) is 0.309. The Morgan fingerprint density at radius 1 is 1.24 bits per heavy atom. The number of aromatic amines is 1. The van der Waals surface area contributed by atoms with Crippen LogP contribution in [0.25, 0.3) is 22.2 Å². The molecule has 0 radical (unpaired) electrons. The Bertz CT molecular complexity index is 1580. The van der Waals surface area contributed by atoms with Crippen molar-refractivity contribution < 1.29 is 23.2 Å². The molecule has 3 N–H and O–H groups in total. The number of aromatic nitrogens is 5. The van der Waals surface area contributed by atoms with E-state index in [1.54, 1.807) is 29.3 Å². The highest BCUT2D eigenvalue weighted by Crippen LogP contribution is 2.33. The molecule has 2 amide bonds. The summed E-state index contributed by atoms with van der Waals surface area (Å²) in [6, 6.07) is 6.64. The summed E-state index contributed by atoms with van der Waals surface area (Å²) in [7, 11) is 1.37. The van der Waals surface area contributed by atoms with Crippen molar-refractivity contribution in [3.63, 3.8) is 0 Å². The maximum absolute atomic E-state index is 15.2. The van der Waals surface area contributed by atoms with E-state index in [1.165, 1.54) is 13.2 Å². The lowest BCUT2D eigenvalue weighted by atomic mass is 9.96. The summed E-state index contributed by atoms with van der Waals surface area (Å²) in [5.74, 6) is -0.258. The predicted octanol–water partition coefficient (Wildman–Crippen LogP) is 4.41. The standard InChI is InChI=1S/C28H33FN8O4/c1-15-6-9-18(14-37(15)27(39)40-5)32-23-21-19(10-11-30-22(21)34-35-23)16-7-8-17(20(29)12-16)13-31-24(38)25-33-26(36-41-25)28(2,3)4/h7-8,10-12,15,18H,6,9,13-14H2,1-5H3,(H,31,38)(H2,30,32,34,35)/t15-,18+/m0/s1. The molecule has 4 heterocycles. The molecule has 3 aromatic heterocycles. The fourth-order valence-electron chi connectivity index (χ4n) is 4.82. The summed E-state index contributed by atoms with van der Waals surface area (Å²) in [6.07, 6.45) is 2.92. The van der Waals surface area contributed by atoms with Crippen molar-refractivity contribution in [3.8, 4) is 11.1 Å². The molecule has 0 aliphatic carbocycles. The van der Waals surface area contributed by atoms with E-state index < -0.39 is 11.7 Å². The fraction of sp³-hybridized carbons (Fsp3) is 0.429. The summed E-state index contributed by atoms with van der Waals surface area (Å²) in [5.41, 5.74) is 1.83. The zero-order valence-electron chi connectivity index (χ0n) is 23.6. The van der Waals surface area contributed by atoms with Gasteiger partial charge in [0, 0.05) is 42.3 Å². The van der Waals surface area contributed by atoms with E-state index in [0.717, 1.165) is 18.4 Å². The van der Waals surface area contributed by atoms with Crippen LogP contribution in [-0.2, 0) is 16.7 Å². The third-order valence-electron chi connectivity index (χ3n) is 7.19. The summed E-state index contributed by atoms with van der Waals surface area (Å²) in [6.45, 7) is 8.13. The molecule has 0 spiro atoms. The molecule has 1 aliphatic heterocycles. The minimum atomic E-state index is -0.579. The smallest absolute Gasteiger partial charge is 0.409 e. The predicted molar refractivity (Wildman–Crippen MR) is 149 cm³/mol. The zero-order valence-corrected chi connectivity index (χ0v) is 23.6. The van der Waals surface area contributed by atoms with Crippen LogP contribution in [0.15, 0.2) is 35.0 Å². The lowest BCUT2D eigenvalue weighted by Gasteiger charge is -2.37. The van der Waals surface area contributed by atoms with Gasteiger partial charge in [-0.05, 0) is 43.0 Å². The molecular weight excluding hydrogens is 531 g/mol. The second-order valence-electron chi connectivity index (χ2n) is 11.2. The van der Waals surface area contributed by atoms with E-state index in [4.69, 9.17) is 9.26 Å². The second kappa shape index (κ2) is 11.1. The Balaban J connectivity index is 1.33. The molecule has 13 heteroatoms. The van der Waals surface area contributed by atoms with Crippen LogP contribution in [0.1, 0.15) is 62.6 Å². The van der Waals surface area contributed by atoms with E-state index in [9.17, 15) is 9.59 Å². The number of ether oxygens (including phenoxy) is 1. The van der Waals surface area contributed by atoms with Gasteiger partial charge in [0.05, 0.1) is 12.5 Å². The number of carbonyl (C=O) groups is 2. The Morgan fingerprint density at radius 3 is 2.76 bits per heavy atom.